The summed E-state index contributed by atoms with van der Waals surface area (Å²) in [5.74, 6) is -0.908. The van der Waals surface area contributed by atoms with Gasteiger partial charge in [0.15, 0.2) is 5.11 Å². The predicted molar refractivity (Wildman–Crippen MR) is 94.7 cm³/mol. The van der Waals surface area contributed by atoms with Gasteiger partial charge in [0, 0.05) is 9.35 Å². The number of thiophene rings is 1. The molecular formula is C15H9BrN2O2S2. The standard InChI is InChI=1S/C15H9BrN2O2S2/c16-9-3-1-4-10(7-9)18-14(20)12(13(19)17-15(18)21)8-11-5-2-6-22-11/h1-8H,(H,17,19,21)/b12-8+. The molecule has 2 aromatic rings. The number of rotatable bonds is 2. The Hall–Kier alpha value is -1.83. The van der Waals surface area contributed by atoms with E-state index >= 15 is 0 Å². The molecule has 7 heteroatoms. The van der Waals surface area contributed by atoms with Crippen LogP contribution in [0.15, 0.2) is 51.8 Å². The van der Waals surface area contributed by atoms with Gasteiger partial charge in [-0.15, -0.1) is 11.3 Å². The Balaban J connectivity index is 2.03. The number of halogens is 1. The molecule has 1 aliphatic rings. The van der Waals surface area contributed by atoms with Gasteiger partial charge in [0.25, 0.3) is 11.8 Å². The van der Waals surface area contributed by atoms with Crippen LogP contribution in [0.1, 0.15) is 4.88 Å². The van der Waals surface area contributed by atoms with E-state index in [2.05, 4.69) is 21.2 Å². The molecule has 1 saturated heterocycles. The molecule has 22 heavy (non-hydrogen) atoms. The third-order valence-corrected chi connectivity index (χ3v) is 4.60. The van der Waals surface area contributed by atoms with Crippen molar-refractivity contribution in [3.63, 3.8) is 0 Å². The zero-order chi connectivity index (χ0) is 15.7. The Labute approximate surface area is 144 Å². The smallest absolute Gasteiger partial charge is 0.270 e. The van der Waals surface area contributed by atoms with E-state index in [-0.39, 0.29) is 10.7 Å². The van der Waals surface area contributed by atoms with Gasteiger partial charge in [0.1, 0.15) is 5.57 Å². The van der Waals surface area contributed by atoms with Crippen LogP contribution in [0.5, 0.6) is 0 Å². The minimum atomic E-state index is -0.477. The van der Waals surface area contributed by atoms with E-state index < -0.39 is 11.8 Å². The number of carbonyl (C=O) groups excluding carboxylic acids is 2. The van der Waals surface area contributed by atoms with Gasteiger partial charge in [-0.25, -0.2) is 0 Å². The largest absolute Gasteiger partial charge is 0.298 e. The van der Waals surface area contributed by atoms with Gasteiger partial charge < -0.3 is 0 Å². The van der Waals surface area contributed by atoms with E-state index in [4.69, 9.17) is 12.2 Å². The molecule has 4 nitrogen and oxygen atoms in total. The molecule has 2 amide bonds. The Morgan fingerprint density at radius 1 is 1.23 bits per heavy atom. The molecule has 0 atom stereocenters. The van der Waals surface area contributed by atoms with E-state index in [1.807, 2.05) is 23.6 Å². The van der Waals surface area contributed by atoms with Crippen LogP contribution in [0.4, 0.5) is 5.69 Å². The molecule has 0 saturated carbocycles. The number of amides is 2. The summed E-state index contributed by atoms with van der Waals surface area (Å²) in [4.78, 5) is 26.9. The molecule has 1 fully saturated rings. The second kappa shape index (κ2) is 6.12. The Morgan fingerprint density at radius 2 is 2.05 bits per heavy atom. The van der Waals surface area contributed by atoms with Crippen molar-refractivity contribution in [2.75, 3.05) is 4.90 Å². The van der Waals surface area contributed by atoms with Crippen molar-refractivity contribution in [2.24, 2.45) is 0 Å². The Bertz CT molecular complexity index is 800. The predicted octanol–water partition coefficient (Wildman–Crippen LogP) is 3.34. The Morgan fingerprint density at radius 3 is 2.73 bits per heavy atom. The van der Waals surface area contributed by atoms with Crippen molar-refractivity contribution in [1.82, 2.24) is 5.32 Å². The molecule has 1 N–H and O–H groups in total. The summed E-state index contributed by atoms with van der Waals surface area (Å²) in [6, 6.07) is 10.9. The van der Waals surface area contributed by atoms with Gasteiger partial charge in [-0.3, -0.25) is 19.8 Å². The minimum absolute atomic E-state index is 0.0658. The van der Waals surface area contributed by atoms with Crippen LogP contribution in [0.25, 0.3) is 6.08 Å². The first-order chi connectivity index (χ1) is 10.6. The van der Waals surface area contributed by atoms with Crippen LogP contribution in [-0.4, -0.2) is 16.9 Å². The molecule has 1 aromatic carbocycles. The van der Waals surface area contributed by atoms with Gasteiger partial charge in [-0.05, 0) is 47.9 Å². The summed E-state index contributed by atoms with van der Waals surface area (Å²) in [7, 11) is 0. The molecule has 1 aliphatic heterocycles. The molecule has 0 unspecified atom stereocenters. The summed E-state index contributed by atoms with van der Waals surface area (Å²) in [5.41, 5.74) is 0.664. The third-order valence-electron chi connectivity index (χ3n) is 3.00. The molecule has 0 aliphatic carbocycles. The van der Waals surface area contributed by atoms with Gasteiger partial charge in [0.05, 0.1) is 5.69 Å². The maximum Gasteiger partial charge on any atom is 0.270 e. The highest BCUT2D eigenvalue weighted by Crippen LogP contribution is 2.25. The lowest BCUT2D eigenvalue weighted by Crippen LogP contribution is -2.54. The van der Waals surface area contributed by atoms with E-state index in [1.54, 1.807) is 24.3 Å². The van der Waals surface area contributed by atoms with E-state index in [1.165, 1.54) is 16.2 Å². The lowest BCUT2D eigenvalue weighted by atomic mass is 10.1. The van der Waals surface area contributed by atoms with Crippen molar-refractivity contribution in [3.05, 3.63) is 56.7 Å². The number of benzene rings is 1. The summed E-state index contributed by atoms with van der Waals surface area (Å²) >= 11 is 9.96. The minimum Gasteiger partial charge on any atom is -0.298 e. The molecule has 3 rings (SSSR count). The lowest BCUT2D eigenvalue weighted by Gasteiger charge is -2.28. The second-order valence-corrected chi connectivity index (χ2v) is 6.73. The average molecular weight is 393 g/mol. The lowest BCUT2D eigenvalue weighted by molar-refractivity contribution is -0.122. The van der Waals surface area contributed by atoms with Crippen LogP contribution >= 0.6 is 39.5 Å². The molecule has 1 aromatic heterocycles. The van der Waals surface area contributed by atoms with Crippen molar-refractivity contribution < 1.29 is 9.59 Å². The fraction of sp³-hybridized carbons (Fsp3) is 0. The number of hydrogen-bond acceptors (Lipinski definition) is 4. The number of thiocarbonyl (C=S) groups is 1. The summed E-state index contributed by atoms with van der Waals surface area (Å²) in [6.45, 7) is 0. The maximum atomic E-state index is 12.7. The number of hydrogen-bond donors (Lipinski definition) is 1. The van der Waals surface area contributed by atoms with Gasteiger partial charge >= 0.3 is 0 Å². The summed E-state index contributed by atoms with van der Waals surface area (Å²) < 4.78 is 0.821. The molecule has 0 bridgehead atoms. The first-order valence-corrected chi connectivity index (χ1v) is 8.35. The van der Waals surface area contributed by atoms with E-state index in [0.717, 1.165) is 9.35 Å². The Kier molecular flexibility index (Phi) is 4.19. The first-order valence-electron chi connectivity index (χ1n) is 6.27. The number of carbonyl (C=O) groups is 2. The monoisotopic (exact) mass is 392 g/mol. The van der Waals surface area contributed by atoms with Crippen molar-refractivity contribution in [3.8, 4) is 0 Å². The highest BCUT2D eigenvalue weighted by molar-refractivity contribution is 9.10. The number of anilines is 1. The maximum absolute atomic E-state index is 12.7. The van der Waals surface area contributed by atoms with Crippen LogP contribution in [0.2, 0.25) is 0 Å². The van der Waals surface area contributed by atoms with E-state index in [9.17, 15) is 9.59 Å². The van der Waals surface area contributed by atoms with Crippen LogP contribution in [-0.2, 0) is 9.59 Å². The van der Waals surface area contributed by atoms with Crippen molar-refractivity contribution >= 4 is 68.2 Å². The second-order valence-electron chi connectivity index (χ2n) is 4.45. The highest BCUT2D eigenvalue weighted by Gasteiger charge is 2.34. The zero-order valence-electron chi connectivity index (χ0n) is 11.1. The number of nitrogens with zero attached hydrogens (tertiary/aromatic N) is 1. The van der Waals surface area contributed by atoms with Crippen LogP contribution < -0.4 is 10.2 Å². The summed E-state index contributed by atoms with van der Waals surface area (Å²) in [5, 5.41) is 4.52. The third kappa shape index (κ3) is 2.87. The molecule has 2 heterocycles. The SMILES string of the molecule is O=C1NC(=S)N(c2cccc(Br)c2)C(=O)/C1=C/c1cccs1. The summed E-state index contributed by atoms with van der Waals surface area (Å²) in [6.07, 6.45) is 1.58. The van der Waals surface area contributed by atoms with E-state index in [0.29, 0.717) is 5.69 Å². The zero-order valence-corrected chi connectivity index (χ0v) is 14.3. The molecule has 110 valence electrons. The van der Waals surface area contributed by atoms with Crippen LogP contribution in [0.3, 0.4) is 0 Å². The topological polar surface area (TPSA) is 49.4 Å². The highest BCUT2D eigenvalue weighted by atomic mass is 79.9. The molecule has 0 spiro atoms. The number of nitrogens with one attached hydrogen (secondary N) is 1. The van der Waals surface area contributed by atoms with Crippen molar-refractivity contribution in [2.45, 2.75) is 0 Å². The molecular weight excluding hydrogens is 384 g/mol. The van der Waals surface area contributed by atoms with Gasteiger partial charge in [0.2, 0.25) is 0 Å². The van der Waals surface area contributed by atoms with Crippen LogP contribution in [0, 0.1) is 0 Å². The molecule has 0 radical (unpaired) electrons. The fourth-order valence-corrected chi connectivity index (χ4v) is 3.35. The average Bonchev–Trinajstić information content (AvgIpc) is 2.96. The quantitative estimate of drug-likeness (QED) is 0.484. The van der Waals surface area contributed by atoms with Crippen molar-refractivity contribution in [1.29, 1.82) is 0 Å². The fourth-order valence-electron chi connectivity index (χ4n) is 2.02. The van der Waals surface area contributed by atoms with Gasteiger partial charge in [-0.2, -0.15) is 0 Å². The van der Waals surface area contributed by atoms with Gasteiger partial charge in [-0.1, -0.05) is 28.1 Å². The first kappa shape index (κ1) is 15.1. The normalized spacial score (nSPS) is 17.0.